The van der Waals surface area contributed by atoms with Gasteiger partial charge in [-0.1, -0.05) is 18.2 Å². The number of carboxylic acids is 1. The molecule has 0 radical (unpaired) electrons. The highest BCUT2D eigenvalue weighted by Crippen LogP contribution is 2.29. The first-order chi connectivity index (χ1) is 12.4. The number of carboxylic acid groups (broad SMARTS) is 1. The number of non-ortho nitro benzene ring substituents is 1. The summed E-state index contributed by atoms with van der Waals surface area (Å²) < 4.78 is 0. The molecule has 9 heteroatoms. The van der Waals surface area contributed by atoms with Gasteiger partial charge in [0.1, 0.15) is 0 Å². The van der Waals surface area contributed by atoms with E-state index in [9.17, 15) is 24.8 Å². The Bertz CT molecular complexity index is 967. The molecule has 2 aromatic carbocycles. The highest BCUT2D eigenvalue weighted by molar-refractivity contribution is 8.18. The zero-order chi connectivity index (χ0) is 18.7. The van der Waals surface area contributed by atoms with Crippen LogP contribution in [0.1, 0.15) is 15.9 Å². The van der Waals surface area contributed by atoms with Gasteiger partial charge in [0.2, 0.25) is 0 Å². The number of nitrogens with one attached hydrogen (secondary N) is 1. The summed E-state index contributed by atoms with van der Waals surface area (Å²) in [5.41, 5.74) is 0.663. The van der Waals surface area contributed by atoms with E-state index >= 15 is 0 Å². The number of thioether (sulfide) groups is 1. The minimum atomic E-state index is -1.36. The van der Waals surface area contributed by atoms with E-state index in [1.54, 1.807) is 18.2 Å². The van der Waals surface area contributed by atoms with Crippen molar-refractivity contribution in [1.82, 2.24) is 5.32 Å². The molecule has 1 aliphatic heterocycles. The summed E-state index contributed by atoms with van der Waals surface area (Å²) in [5, 5.41) is 24.6. The largest absolute Gasteiger partial charge is 0.545 e. The number of aliphatic imine (C=N–C) groups is 1. The number of para-hydroxylation sites is 1. The summed E-state index contributed by atoms with van der Waals surface area (Å²) in [6.45, 7) is 0. The Morgan fingerprint density at radius 1 is 1.15 bits per heavy atom. The molecule has 1 N–H and O–H groups in total. The van der Waals surface area contributed by atoms with Gasteiger partial charge in [0, 0.05) is 17.7 Å². The number of hydrogen-bond acceptors (Lipinski definition) is 7. The molecule has 0 bridgehead atoms. The maximum Gasteiger partial charge on any atom is 0.269 e. The number of carbonyl (C=O) groups excluding carboxylic acids is 2. The molecular formula is C17H10N3O5S-. The van der Waals surface area contributed by atoms with Crippen LogP contribution in [0.15, 0.2) is 58.4 Å². The van der Waals surface area contributed by atoms with Crippen LogP contribution < -0.4 is 10.4 Å². The molecule has 8 nitrogen and oxygen atoms in total. The lowest BCUT2D eigenvalue weighted by molar-refractivity contribution is -0.384. The predicted molar refractivity (Wildman–Crippen MR) is 94.7 cm³/mol. The Hall–Kier alpha value is -3.46. The molecule has 0 aliphatic carbocycles. The first kappa shape index (κ1) is 17.4. The number of nitrogens with zero attached hydrogens (tertiary/aromatic N) is 2. The van der Waals surface area contributed by atoms with Gasteiger partial charge in [-0.05, 0) is 41.6 Å². The molecule has 0 saturated carbocycles. The fourth-order valence-electron chi connectivity index (χ4n) is 2.18. The fraction of sp³-hybridized carbons (Fsp3) is 0. The summed E-state index contributed by atoms with van der Waals surface area (Å²) >= 11 is 1.04. The van der Waals surface area contributed by atoms with E-state index in [1.165, 1.54) is 36.4 Å². The molecule has 130 valence electrons. The lowest BCUT2D eigenvalue weighted by Crippen LogP contribution is -2.23. The average molecular weight is 368 g/mol. The van der Waals surface area contributed by atoms with Gasteiger partial charge in [0.15, 0.2) is 5.17 Å². The number of nitro benzene ring substituents is 1. The Morgan fingerprint density at radius 2 is 1.85 bits per heavy atom. The average Bonchev–Trinajstić information content (AvgIpc) is 2.95. The molecule has 1 heterocycles. The van der Waals surface area contributed by atoms with Crippen molar-refractivity contribution in [2.45, 2.75) is 0 Å². The van der Waals surface area contributed by atoms with E-state index in [0.29, 0.717) is 10.5 Å². The summed E-state index contributed by atoms with van der Waals surface area (Å²) in [5.74, 6) is -1.75. The summed E-state index contributed by atoms with van der Waals surface area (Å²) in [6.07, 6.45) is 1.57. The van der Waals surface area contributed by atoms with Crippen LogP contribution in [0.3, 0.4) is 0 Å². The first-order valence-electron chi connectivity index (χ1n) is 7.28. The molecule has 3 rings (SSSR count). The Balaban J connectivity index is 1.85. The normalized spacial score (nSPS) is 16.7. The molecule has 1 fully saturated rings. The van der Waals surface area contributed by atoms with Gasteiger partial charge in [0.05, 0.1) is 21.5 Å². The van der Waals surface area contributed by atoms with E-state index in [1.807, 2.05) is 0 Å². The van der Waals surface area contributed by atoms with Crippen LogP contribution in [0.2, 0.25) is 0 Å². The fourth-order valence-corrected chi connectivity index (χ4v) is 3.01. The van der Waals surface area contributed by atoms with Gasteiger partial charge in [-0.15, -0.1) is 0 Å². The Labute approximate surface area is 151 Å². The second kappa shape index (κ2) is 7.19. The smallest absolute Gasteiger partial charge is 0.269 e. The summed E-state index contributed by atoms with van der Waals surface area (Å²) in [4.78, 5) is 37.8. The molecule has 0 aromatic heterocycles. The molecule has 0 unspecified atom stereocenters. The second-order valence-corrected chi connectivity index (χ2v) is 6.17. The maximum absolute atomic E-state index is 12.1. The van der Waals surface area contributed by atoms with Crippen molar-refractivity contribution in [1.29, 1.82) is 0 Å². The van der Waals surface area contributed by atoms with Crippen LogP contribution in [0.5, 0.6) is 0 Å². The third kappa shape index (κ3) is 3.78. The second-order valence-electron chi connectivity index (χ2n) is 5.13. The van der Waals surface area contributed by atoms with Crippen molar-refractivity contribution in [2.24, 2.45) is 4.99 Å². The lowest BCUT2D eigenvalue weighted by atomic mass is 10.2. The summed E-state index contributed by atoms with van der Waals surface area (Å²) in [7, 11) is 0. The predicted octanol–water partition coefficient (Wildman–Crippen LogP) is 1.85. The Morgan fingerprint density at radius 3 is 2.50 bits per heavy atom. The van der Waals surface area contributed by atoms with E-state index in [4.69, 9.17) is 0 Å². The highest BCUT2D eigenvalue weighted by atomic mass is 32.2. The van der Waals surface area contributed by atoms with Gasteiger partial charge in [-0.3, -0.25) is 14.9 Å². The number of aromatic carboxylic acids is 1. The van der Waals surface area contributed by atoms with Crippen molar-refractivity contribution in [3.8, 4) is 0 Å². The number of nitro groups is 1. The molecule has 1 aliphatic rings. The lowest BCUT2D eigenvalue weighted by Gasteiger charge is -2.06. The molecule has 0 spiro atoms. The van der Waals surface area contributed by atoms with Crippen molar-refractivity contribution < 1.29 is 19.6 Å². The quantitative estimate of drug-likeness (QED) is 0.499. The van der Waals surface area contributed by atoms with Crippen LogP contribution in [-0.4, -0.2) is 22.0 Å². The molecular weight excluding hydrogens is 358 g/mol. The molecule has 1 saturated heterocycles. The number of amides is 1. The summed E-state index contributed by atoms with van der Waals surface area (Å²) in [6, 6.07) is 11.8. The number of amidine groups is 1. The number of hydrogen-bond donors (Lipinski definition) is 1. The molecule has 2 aromatic rings. The van der Waals surface area contributed by atoms with Crippen molar-refractivity contribution in [2.75, 3.05) is 0 Å². The van der Waals surface area contributed by atoms with Crippen LogP contribution in [0, 0.1) is 10.1 Å². The third-order valence-electron chi connectivity index (χ3n) is 3.40. The van der Waals surface area contributed by atoms with E-state index in [-0.39, 0.29) is 22.1 Å². The molecule has 0 atom stereocenters. The van der Waals surface area contributed by atoms with E-state index < -0.39 is 16.8 Å². The minimum Gasteiger partial charge on any atom is -0.545 e. The first-order valence-corrected chi connectivity index (χ1v) is 8.10. The van der Waals surface area contributed by atoms with Gasteiger partial charge >= 0.3 is 0 Å². The molecule has 1 amide bonds. The number of benzene rings is 2. The van der Waals surface area contributed by atoms with E-state index in [0.717, 1.165) is 11.8 Å². The van der Waals surface area contributed by atoms with Gasteiger partial charge < -0.3 is 15.2 Å². The topological polar surface area (TPSA) is 125 Å². The van der Waals surface area contributed by atoms with Gasteiger partial charge in [0.25, 0.3) is 11.6 Å². The monoisotopic (exact) mass is 368 g/mol. The number of rotatable bonds is 4. The zero-order valence-electron chi connectivity index (χ0n) is 13.0. The third-order valence-corrected chi connectivity index (χ3v) is 4.31. The van der Waals surface area contributed by atoms with Crippen LogP contribution in [0.4, 0.5) is 11.4 Å². The minimum absolute atomic E-state index is 0.0446. The maximum atomic E-state index is 12.1. The number of carbonyl (C=O) groups is 2. The van der Waals surface area contributed by atoms with Gasteiger partial charge in [-0.2, -0.15) is 0 Å². The highest BCUT2D eigenvalue weighted by Gasteiger charge is 2.24. The van der Waals surface area contributed by atoms with Crippen LogP contribution in [0.25, 0.3) is 6.08 Å². The Kier molecular flexibility index (Phi) is 4.81. The van der Waals surface area contributed by atoms with Crippen molar-refractivity contribution >= 4 is 46.3 Å². The van der Waals surface area contributed by atoms with Crippen molar-refractivity contribution in [3.05, 3.63) is 74.7 Å². The molecule has 26 heavy (non-hydrogen) atoms. The standard InChI is InChI=1S/C17H11N3O5S/c21-15-14(9-10-5-7-11(8-6-10)20(24)25)26-17(19-15)18-13-4-2-1-3-12(13)16(22)23/h1-9H,(H,22,23)(H,18,19,21)/p-1/b14-9-. The zero-order valence-corrected chi connectivity index (χ0v) is 13.9. The van der Waals surface area contributed by atoms with Crippen LogP contribution >= 0.6 is 11.8 Å². The van der Waals surface area contributed by atoms with Crippen molar-refractivity contribution in [3.63, 3.8) is 0 Å². The van der Waals surface area contributed by atoms with Crippen LogP contribution in [-0.2, 0) is 4.79 Å². The SMILES string of the molecule is O=C1NC(=Nc2ccccc2C(=O)[O-])S/C1=C\c1ccc([N+](=O)[O-])cc1. The van der Waals surface area contributed by atoms with Gasteiger partial charge in [-0.25, -0.2) is 4.99 Å². The van der Waals surface area contributed by atoms with E-state index in [2.05, 4.69) is 10.3 Å².